The minimum Gasteiger partial charge on any atom is -0.341 e. The highest BCUT2D eigenvalue weighted by Gasteiger charge is 2.35. The Morgan fingerprint density at radius 2 is 1.67 bits per heavy atom. The molecular weight excluding hydrogens is 514 g/mol. The van der Waals surface area contributed by atoms with Crippen molar-refractivity contribution in [2.45, 2.75) is 43.0 Å². The van der Waals surface area contributed by atoms with Crippen LogP contribution in [0.15, 0.2) is 71.9 Å². The fourth-order valence-corrected chi connectivity index (χ4v) is 6.62. The summed E-state index contributed by atoms with van der Waals surface area (Å²) in [6.45, 7) is 2.53. The topological polar surface area (TPSA) is 112 Å². The summed E-state index contributed by atoms with van der Waals surface area (Å²) in [7, 11) is -4.07. The number of aromatic nitrogens is 1. The second-order valence-corrected chi connectivity index (χ2v) is 12.0. The van der Waals surface area contributed by atoms with E-state index in [1.165, 1.54) is 0 Å². The van der Waals surface area contributed by atoms with Crippen molar-refractivity contribution in [3.05, 3.63) is 67.0 Å². The third kappa shape index (κ3) is 6.46. The molecule has 2 saturated heterocycles. The lowest BCUT2D eigenvalue weighted by Gasteiger charge is -2.35. The van der Waals surface area contributed by atoms with Gasteiger partial charge in [-0.15, -0.1) is 0 Å². The van der Waals surface area contributed by atoms with Crippen LogP contribution in [0.3, 0.4) is 0 Å². The fourth-order valence-electron chi connectivity index (χ4n) is 5.41. The molecule has 5 rings (SSSR count). The number of hydrogen-bond donors (Lipinski definition) is 2. The van der Waals surface area contributed by atoms with Crippen molar-refractivity contribution in [3.63, 3.8) is 0 Å². The molecule has 0 aliphatic carbocycles. The lowest BCUT2D eigenvalue weighted by Crippen LogP contribution is -2.56. The lowest BCUT2D eigenvalue weighted by atomic mass is 9.96. The van der Waals surface area contributed by atoms with Crippen LogP contribution < -0.4 is 14.9 Å². The Morgan fingerprint density at radius 1 is 0.974 bits per heavy atom. The van der Waals surface area contributed by atoms with Crippen LogP contribution in [0, 0.1) is 5.92 Å². The van der Waals surface area contributed by atoms with Crippen LogP contribution in [0.2, 0.25) is 0 Å². The quantitative estimate of drug-likeness (QED) is 0.447. The molecule has 2 fully saturated rings. The Labute approximate surface area is 229 Å². The van der Waals surface area contributed by atoms with Gasteiger partial charge in [0.2, 0.25) is 21.8 Å². The Bertz CT molecular complexity index is 1400. The van der Waals surface area contributed by atoms with Crippen LogP contribution >= 0.6 is 0 Å². The first-order valence-electron chi connectivity index (χ1n) is 13.6. The molecule has 2 N–H and O–H groups in total. The van der Waals surface area contributed by atoms with Crippen molar-refractivity contribution in [1.29, 1.82) is 0 Å². The van der Waals surface area contributed by atoms with Gasteiger partial charge in [0, 0.05) is 37.1 Å². The minimum atomic E-state index is -4.07. The van der Waals surface area contributed by atoms with Gasteiger partial charge < -0.3 is 15.1 Å². The second kappa shape index (κ2) is 12.2. The highest BCUT2D eigenvalue weighted by Crippen LogP contribution is 2.24. The summed E-state index contributed by atoms with van der Waals surface area (Å²) >= 11 is 0. The van der Waals surface area contributed by atoms with Gasteiger partial charge in [0.15, 0.2) is 0 Å². The summed E-state index contributed by atoms with van der Waals surface area (Å²) in [6, 6.07) is 14.7. The number of amides is 2. The molecule has 0 bridgehead atoms. The number of carbonyl (C=O) groups is 2. The number of anilines is 1. The minimum absolute atomic E-state index is 0.0813. The van der Waals surface area contributed by atoms with E-state index in [1.54, 1.807) is 52.5 Å². The maximum absolute atomic E-state index is 13.8. The summed E-state index contributed by atoms with van der Waals surface area (Å²) in [6.07, 6.45) is 7.35. The molecule has 2 aliphatic rings. The standard InChI is InChI=1S/C29H35N5O4S/c35-28(23-10-14-30-15-11-23)34(25-12-16-31-17-13-25)21-27(29(36)33-18-4-1-5-19-33)32-39(37,38)26-9-8-22-6-2-3-7-24(22)20-26/h2-3,6-9,12-13,16-17,20,23,27,30,32H,1,4-5,10-11,14-15,18-19,21H2. The van der Waals surface area contributed by atoms with Gasteiger partial charge in [-0.25, -0.2) is 8.42 Å². The number of sulfonamides is 1. The number of hydrogen-bond acceptors (Lipinski definition) is 6. The van der Waals surface area contributed by atoms with Crippen molar-refractivity contribution in [2.75, 3.05) is 37.6 Å². The number of nitrogens with zero attached hydrogens (tertiary/aromatic N) is 3. The smallest absolute Gasteiger partial charge is 0.242 e. The number of piperidine rings is 2. The zero-order valence-corrected chi connectivity index (χ0v) is 22.8. The summed E-state index contributed by atoms with van der Waals surface area (Å²) < 4.78 is 30.0. The monoisotopic (exact) mass is 549 g/mol. The van der Waals surface area contributed by atoms with E-state index in [2.05, 4.69) is 15.0 Å². The van der Waals surface area contributed by atoms with E-state index in [0.29, 0.717) is 31.6 Å². The first-order valence-corrected chi connectivity index (χ1v) is 15.1. The van der Waals surface area contributed by atoms with E-state index in [0.717, 1.165) is 43.1 Å². The summed E-state index contributed by atoms with van der Waals surface area (Å²) in [5, 5.41) is 4.99. The molecule has 39 heavy (non-hydrogen) atoms. The average molecular weight is 550 g/mol. The summed E-state index contributed by atoms with van der Waals surface area (Å²) in [4.78, 5) is 35.1. The molecule has 3 heterocycles. The van der Waals surface area contributed by atoms with Crippen LogP contribution in [-0.4, -0.2) is 68.9 Å². The Kier molecular flexibility index (Phi) is 8.54. The van der Waals surface area contributed by atoms with Crippen LogP contribution in [0.4, 0.5) is 5.69 Å². The van der Waals surface area contributed by atoms with E-state index >= 15 is 0 Å². The maximum atomic E-state index is 13.8. The van der Waals surface area contributed by atoms with E-state index in [4.69, 9.17) is 0 Å². The maximum Gasteiger partial charge on any atom is 0.242 e. The van der Waals surface area contributed by atoms with Crippen LogP contribution in [0.25, 0.3) is 10.8 Å². The normalized spacial score (nSPS) is 17.6. The largest absolute Gasteiger partial charge is 0.341 e. The average Bonchev–Trinajstić information content (AvgIpc) is 2.99. The number of rotatable bonds is 8. The first kappa shape index (κ1) is 27.2. The molecule has 9 nitrogen and oxygen atoms in total. The zero-order chi connectivity index (χ0) is 27.2. The SMILES string of the molecule is O=C(C(CN(C(=O)C1CCNCC1)c1ccncc1)NS(=O)(=O)c1ccc2ccccc2c1)N1CCCCC1. The predicted octanol–water partition coefficient (Wildman–Crippen LogP) is 2.93. The van der Waals surface area contributed by atoms with E-state index < -0.39 is 16.1 Å². The van der Waals surface area contributed by atoms with Gasteiger partial charge in [0.05, 0.1) is 11.4 Å². The van der Waals surface area contributed by atoms with Crippen molar-refractivity contribution < 1.29 is 18.0 Å². The fraction of sp³-hybridized carbons (Fsp3) is 0.414. The number of benzene rings is 2. The molecule has 3 aromatic rings. The molecule has 2 aromatic carbocycles. The Balaban J connectivity index is 1.47. The van der Waals surface area contributed by atoms with Gasteiger partial charge in [-0.2, -0.15) is 4.72 Å². The van der Waals surface area contributed by atoms with Crippen molar-refractivity contribution in [2.24, 2.45) is 5.92 Å². The van der Waals surface area contributed by atoms with Gasteiger partial charge in [-0.1, -0.05) is 30.3 Å². The molecule has 1 atom stereocenters. The zero-order valence-electron chi connectivity index (χ0n) is 22.0. The van der Waals surface area contributed by atoms with Gasteiger partial charge >= 0.3 is 0 Å². The second-order valence-electron chi connectivity index (χ2n) is 10.2. The van der Waals surface area contributed by atoms with Crippen LogP contribution in [-0.2, 0) is 19.6 Å². The molecule has 0 saturated carbocycles. The highest BCUT2D eigenvalue weighted by molar-refractivity contribution is 7.89. The molecule has 10 heteroatoms. The van der Waals surface area contributed by atoms with Gasteiger partial charge in [-0.05, 0) is 80.2 Å². The van der Waals surface area contributed by atoms with E-state index in [1.807, 2.05) is 24.3 Å². The molecule has 206 valence electrons. The van der Waals surface area contributed by atoms with Gasteiger partial charge in [0.1, 0.15) is 6.04 Å². The molecule has 0 radical (unpaired) electrons. The summed E-state index contributed by atoms with van der Waals surface area (Å²) in [5.74, 6) is -0.623. The van der Waals surface area contributed by atoms with Crippen LogP contribution in [0.1, 0.15) is 32.1 Å². The van der Waals surface area contributed by atoms with Gasteiger partial charge in [-0.3, -0.25) is 14.6 Å². The van der Waals surface area contributed by atoms with Crippen molar-refractivity contribution in [3.8, 4) is 0 Å². The van der Waals surface area contributed by atoms with Gasteiger partial charge in [0.25, 0.3) is 0 Å². The van der Waals surface area contributed by atoms with E-state index in [9.17, 15) is 18.0 Å². The number of fused-ring (bicyclic) bond motifs is 1. The van der Waals surface area contributed by atoms with Crippen molar-refractivity contribution in [1.82, 2.24) is 19.9 Å². The number of likely N-dealkylation sites (tertiary alicyclic amines) is 1. The highest BCUT2D eigenvalue weighted by atomic mass is 32.2. The molecule has 1 unspecified atom stereocenters. The summed E-state index contributed by atoms with van der Waals surface area (Å²) in [5.41, 5.74) is 0.592. The lowest BCUT2D eigenvalue weighted by molar-refractivity contribution is -0.133. The van der Waals surface area contributed by atoms with Crippen LogP contribution in [0.5, 0.6) is 0 Å². The number of carbonyl (C=O) groups excluding carboxylic acids is 2. The first-order chi connectivity index (χ1) is 18.9. The van der Waals surface area contributed by atoms with E-state index in [-0.39, 0.29) is 29.2 Å². The molecular formula is C29H35N5O4S. The molecule has 2 amide bonds. The Morgan fingerprint density at radius 3 is 2.38 bits per heavy atom. The third-order valence-electron chi connectivity index (χ3n) is 7.59. The molecule has 1 aromatic heterocycles. The molecule has 0 spiro atoms. The van der Waals surface area contributed by atoms with Crippen molar-refractivity contribution >= 4 is 38.3 Å². The Hall–Kier alpha value is -3.34. The third-order valence-corrected chi connectivity index (χ3v) is 9.06. The number of nitrogens with one attached hydrogen (secondary N) is 2. The predicted molar refractivity (Wildman–Crippen MR) is 151 cm³/mol. The number of pyridine rings is 1. The molecule has 2 aliphatic heterocycles.